The van der Waals surface area contributed by atoms with Gasteiger partial charge in [0.15, 0.2) is 0 Å². The maximum atomic E-state index is 4.10. The Hall–Kier alpha value is -0.0400. The van der Waals surface area contributed by atoms with E-state index in [4.69, 9.17) is 0 Å². The molecule has 0 aromatic carbocycles. The van der Waals surface area contributed by atoms with Gasteiger partial charge >= 0.3 is 0 Å². The van der Waals surface area contributed by atoms with Gasteiger partial charge in [0.05, 0.1) is 0 Å². The lowest BCUT2D eigenvalue weighted by atomic mass is 9.68. The van der Waals surface area contributed by atoms with Crippen LogP contribution in [0.15, 0.2) is 0 Å². The predicted molar refractivity (Wildman–Crippen MR) is 77.6 cm³/mol. The summed E-state index contributed by atoms with van der Waals surface area (Å²) >= 11 is 0. The second-order valence-corrected chi connectivity index (χ2v) is 8.47. The average Bonchev–Trinajstić information content (AvgIpc) is 2.78. The van der Waals surface area contributed by atoms with Crippen molar-refractivity contribution in [2.75, 3.05) is 0 Å². The molecule has 1 N–H and O–H groups in total. The summed E-state index contributed by atoms with van der Waals surface area (Å²) < 4.78 is 0. The molecule has 3 aliphatic carbocycles. The Morgan fingerprint density at radius 1 is 0.944 bits per heavy atom. The van der Waals surface area contributed by atoms with E-state index in [1.54, 1.807) is 0 Å². The minimum absolute atomic E-state index is 0.524. The highest BCUT2D eigenvalue weighted by molar-refractivity contribution is 5.12. The van der Waals surface area contributed by atoms with Crippen molar-refractivity contribution >= 4 is 0 Å². The second kappa shape index (κ2) is 4.23. The van der Waals surface area contributed by atoms with Crippen LogP contribution in [0.5, 0.6) is 0 Å². The molecule has 18 heavy (non-hydrogen) atoms. The molecule has 1 heteroatoms. The van der Waals surface area contributed by atoms with E-state index in [0.717, 1.165) is 23.9 Å². The average molecular weight is 249 g/mol. The van der Waals surface area contributed by atoms with Crippen molar-refractivity contribution in [3.63, 3.8) is 0 Å². The maximum absolute atomic E-state index is 4.10. The van der Waals surface area contributed by atoms with Gasteiger partial charge in [-0.1, -0.05) is 27.7 Å². The van der Waals surface area contributed by atoms with Gasteiger partial charge < -0.3 is 5.32 Å². The largest absolute Gasteiger partial charge is 0.310 e. The number of hydrogen-bond donors (Lipinski definition) is 1. The van der Waals surface area contributed by atoms with Crippen molar-refractivity contribution in [3.05, 3.63) is 0 Å². The Kier molecular flexibility index (Phi) is 3.05. The summed E-state index contributed by atoms with van der Waals surface area (Å²) in [4.78, 5) is 0. The van der Waals surface area contributed by atoms with Gasteiger partial charge in [-0.15, -0.1) is 0 Å². The molecule has 3 atom stereocenters. The van der Waals surface area contributed by atoms with Crippen LogP contribution in [-0.2, 0) is 0 Å². The van der Waals surface area contributed by atoms with Crippen LogP contribution in [0.1, 0.15) is 72.6 Å². The van der Waals surface area contributed by atoms with Crippen molar-refractivity contribution in [2.45, 2.75) is 84.7 Å². The van der Waals surface area contributed by atoms with Gasteiger partial charge in [0.1, 0.15) is 0 Å². The molecule has 3 aliphatic rings. The zero-order valence-electron chi connectivity index (χ0n) is 12.8. The molecule has 104 valence electrons. The zero-order chi connectivity index (χ0) is 13.0. The minimum atomic E-state index is 0.524. The molecule has 0 amide bonds. The summed E-state index contributed by atoms with van der Waals surface area (Å²) in [5, 5.41) is 4.10. The summed E-state index contributed by atoms with van der Waals surface area (Å²) in [6, 6.07) is 1.57. The van der Waals surface area contributed by atoms with E-state index >= 15 is 0 Å². The standard InChI is InChI=1S/C17H31N/c1-12-5-7-14(8-6-12)18-15-16(2,3)13-9-10-17(15,4)11-13/h12-15,18H,5-11H2,1-4H3/t12?,13-,14?,15?,17+/m0/s1. The summed E-state index contributed by atoms with van der Waals surface area (Å²) in [6.07, 6.45) is 10.1. The number of nitrogens with one attached hydrogen (secondary N) is 1. The van der Waals surface area contributed by atoms with Gasteiger partial charge in [-0.2, -0.15) is 0 Å². The molecule has 1 nitrogen and oxygen atoms in total. The summed E-state index contributed by atoms with van der Waals surface area (Å²) in [6.45, 7) is 10.0. The number of hydrogen-bond acceptors (Lipinski definition) is 1. The lowest BCUT2D eigenvalue weighted by Crippen LogP contribution is -2.54. The lowest BCUT2D eigenvalue weighted by Gasteiger charge is -2.46. The Labute approximate surface area is 113 Å². The SMILES string of the molecule is CC1CCC(NC2C(C)(C)[C@H]3CC[C@]2(C)C3)CC1. The van der Waals surface area contributed by atoms with Gasteiger partial charge in [-0.25, -0.2) is 0 Å². The fourth-order valence-corrected chi connectivity index (χ4v) is 5.38. The Bertz CT molecular complexity index is 309. The molecular weight excluding hydrogens is 218 g/mol. The summed E-state index contributed by atoms with van der Waals surface area (Å²) in [7, 11) is 0. The molecule has 0 spiro atoms. The van der Waals surface area contributed by atoms with Crippen molar-refractivity contribution in [1.82, 2.24) is 5.32 Å². The molecular formula is C17H31N. The Morgan fingerprint density at radius 3 is 2.17 bits per heavy atom. The Balaban J connectivity index is 1.68. The zero-order valence-corrected chi connectivity index (χ0v) is 12.8. The third-order valence-corrected chi connectivity index (χ3v) is 6.69. The summed E-state index contributed by atoms with van der Waals surface area (Å²) in [5.74, 6) is 1.94. The monoisotopic (exact) mass is 249 g/mol. The Morgan fingerprint density at radius 2 is 1.61 bits per heavy atom. The van der Waals surface area contributed by atoms with Crippen molar-refractivity contribution in [3.8, 4) is 0 Å². The minimum Gasteiger partial charge on any atom is -0.310 e. The van der Waals surface area contributed by atoms with E-state index in [9.17, 15) is 0 Å². The topological polar surface area (TPSA) is 12.0 Å². The van der Waals surface area contributed by atoms with Crippen LogP contribution in [0, 0.1) is 22.7 Å². The first kappa shape index (κ1) is 13.0. The van der Waals surface area contributed by atoms with Gasteiger partial charge in [0.2, 0.25) is 0 Å². The highest BCUT2D eigenvalue weighted by atomic mass is 15.0. The lowest BCUT2D eigenvalue weighted by molar-refractivity contribution is 0.0898. The second-order valence-electron chi connectivity index (χ2n) is 8.47. The first-order valence-corrected chi connectivity index (χ1v) is 8.18. The molecule has 3 saturated carbocycles. The third kappa shape index (κ3) is 1.94. The van der Waals surface area contributed by atoms with E-state index < -0.39 is 0 Å². The fourth-order valence-electron chi connectivity index (χ4n) is 5.38. The number of fused-ring (bicyclic) bond motifs is 2. The predicted octanol–water partition coefficient (Wildman–Crippen LogP) is 4.37. The normalized spacial score (nSPS) is 50.7. The molecule has 0 aromatic rings. The van der Waals surface area contributed by atoms with E-state index in [0.29, 0.717) is 10.8 Å². The molecule has 3 rings (SSSR count). The van der Waals surface area contributed by atoms with Gasteiger partial charge in [-0.05, 0) is 67.6 Å². The van der Waals surface area contributed by atoms with Crippen molar-refractivity contribution in [1.29, 1.82) is 0 Å². The van der Waals surface area contributed by atoms with Gasteiger partial charge in [-0.3, -0.25) is 0 Å². The first-order valence-electron chi connectivity index (χ1n) is 8.18. The fraction of sp³-hybridized carbons (Fsp3) is 1.00. The van der Waals surface area contributed by atoms with E-state index in [1.807, 2.05) is 0 Å². The van der Waals surface area contributed by atoms with Crippen LogP contribution in [0.4, 0.5) is 0 Å². The molecule has 0 saturated heterocycles. The molecule has 0 aliphatic heterocycles. The number of rotatable bonds is 2. The van der Waals surface area contributed by atoms with Crippen molar-refractivity contribution in [2.24, 2.45) is 22.7 Å². The van der Waals surface area contributed by atoms with Crippen LogP contribution in [0.25, 0.3) is 0 Å². The van der Waals surface area contributed by atoms with Gasteiger partial charge in [0.25, 0.3) is 0 Å². The quantitative estimate of drug-likeness (QED) is 0.766. The molecule has 1 unspecified atom stereocenters. The first-order chi connectivity index (χ1) is 8.42. The van der Waals surface area contributed by atoms with Crippen molar-refractivity contribution < 1.29 is 0 Å². The van der Waals surface area contributed by atoms with Crippen LogP contribution in [-0.4, -0.2) is 12.1 Å². The summed E-state index contributed by atoms with van der Waals surface area (Å²) in [5.41, 5.74) is 1.12. The van der Waals surface area contributed by atoms with Crippen LogP contribution >= 0.6 is 0 Å². The molecule has 0 aromatic heterocycles. The molecule has 0 radical (unpaired) electrons. The highest BCUT2D eigenvalue weighted by Crippen LogP contribution is 2.62. The van der Waals surface area contributed by atoms with E-state index in [2.05, 4.69) is 33.0 Å². The molecule has 0 heterocycles. The maximum Gasteiger partial charge on any atom is 0.0177 e. The van der Waals surface area contributed by atoms with Crippen LogP contribution < -0.4 is 5.32 Å². The van der Waals surface area contributed by atoms with Crippen LogP contribution in [0.2, 0.25) is 0 Å². The van der Waals surface area contributed by atoms with Gasteiger partial charge in [0, 0.05) is 12.1 Å². The van der Waals surface area contributed by atoms with E-state index in [-0.39, 0.29) is 0 Å². The smallest absolute Gasteiger partial charge is 0.0177 e. The van der Waals surface area contributed by atoms with E-state index in [1.165, 1.54) is 44.9 Å². The van der Waals surface area contributed by atoms with Crippen LogP contribution in [0.3, 0.4) is 0 Å². The third-order valence-electron chi connectivity index (χ3n) is 6.69. The molecule has 2 bridgehead atoms. The molecule has 3 fully saturated rings. The highest BCUT2D eigenvalue weighted by Gasteiger charge is 2.59.